The number of rotatable bonds is 4. The van der Waals surface area contributed by atoms with Crippen molar-refractivity contribution < 1.29 is 10.0 Å². The third-order valence-corrected chi connectivity index (χ3v) is 2.61. The fraction of sp³-hybridized carbons (Fsp3) is 0.417. The molecule has 0 spiro atoms. The van der Waals surface area contributed by atoms with E-state index in [9.17, 15) is 4.79 Å². The molecule has 1 amide bonds. The second kappa shape index (κ2) is 6.00. The first-order chi connectivity index (χ1) is 8.47. The molecule has 98 valence electrons. The number of nitrogens with zero attached hydrogens (tertiary/aromatic N) is 2. The van der Waals surface area contributed by atoms with Crippen LogP contribution in [0.5, 0.6) is 0 Å². The van der Waals surface area contributed by atoms with E-state index in [2.05, 4.69) is 15.5 Å². The van der Waals surface area contributed by atoms with Crippen molar-refractivity contribution in [3.8, 4) is 0 Å². The Hall–Kier alpha value is -2.11. The minimum Gasteiger partial charge on any atom is -0.409 e. The number of nitrogens with two attached hydrogens (primary N) is 1. The zero-order valence-corrected chi connectivity index (χ0v) is 10.7. The summed E-state index contributed by atoms with van der Waals surface area (Å²) >= 11 is 0. The summed E-state index contributed by atoms with van der Waals surface area (Å²) in [5.74, 6) is -0.348. The third kappa shape index (κ3) is 3.19. The van der Waals surface area contributed by atoms with Gasteiger partial charge in [-0.1, -0.05) is 25.1 Å². The van der Waals surface area contributed by atoms with Crippen LogP contribution in [0.1, 0.15) is 29.9 Å². The van der Waals surface area contributed by atoms with Gasteiger partial charge in [-0.15, -0.1) is 0 Å². The van der Waals surface area contributed by atoms with Crippen molar-refractivity contribution in [1.29, 1.82) is 0 Å². The van der Waals surface area contributed by atoms with Gasteiger partial charge in [-0.25, -0.2) is 0 Å². The van der Waals surface area contributed by atoms with Crippen molar-refractivity contribution in [1.82, 2.24) is 10.3 Å². The molecule has 4 N–H and O–H groups in total. The van der Waals surface area contributed by atoms with Crippen LogP contribution in [-0.2, 0) is 0 Å². The van der Waals surface area contributed by atoms with Gasteiger partial charge in [0.2, 0.25) is 0 Å². The summed E-state index contributed by atoms with van der Waals surface area (Å²) in [5, 5.41) is 14.3. The van der Waals surface area contributed by atoms with Gasteiger partial charge >= 0.3 is 0 Å². The minimum atomic E-state index is -0.524. The Balaban J connectivity index is 2.89. The van der Waals surface area contributed by atoms with E-state index in [4.69, 9.17) is 10.9 Å². The molecule has 6 nitrogen and oxygen atoms in total. The highest BCUT2D eigenvalue weighted by Crippen LogP contribution is 2.06. The van der Waals surface area contributed by atoms with Crippen molar-refractivity contribution in [2.75, 3.05) is 0 Å². The molecule has 0 aliphatic carbocycles. The lowest BCUT2D eigenvalue weighted by atomic mass is 10.0. The van der Waals surface area contributed by atoms with Crippen LogP contribution in [0.4, 0.5) is 0 Å². The maximum absolute atomic E-state index is 12.0. The molecular formula is C12H18N4O2. The topological polar surface area (TPSA) is 101 Å². The predicted octanol–water partition coefficient (Wildman–Crippen LogP) is 0.891. The van der Waals surface area contributed by atoms with Gasteiger partial charge in [-0.3, -0.25) is 9.78 Å². The van der Waals surface area contributed by atoms with Crippen molar-refractivity contribution in [3.05, 3.63) is 29.6 Å². The smallest absolute Gasteiger partial charge is 0.270 e. The highest BCUT2D eigenvalue weighted by molar-refractivity contribution is 5.97. The third-order valence-electron chi connectivity index (χ3n) is 2.61. The van der Waals surface area contributed by atoms with Gasteiger partial charge in [0.05, 0.1) is 6.04 Å². The second-order valence-corrected chi connectivity index (χ2v) is 4.39. The Morgan fingerprint density at radius 3 is 2.72 bits per heavy atom. The van der Waals surface area contributed by atoms with Crippen LogP contribution in [0.3, 0.4) is 0 Å². The minimum absolute atomic E-state index is 0.00821. The monoisotopic (exact) mass is 250 g/mol. The molecular weight excluding hydrogens is 232 g/mol. The zero-order valence-electron chi connectivity index (χ0n) is 10.7. The summed E-state index contributed by atoms with van der Waals surface area (Å²) in [4.78, 5) is 16.1. The summed E-state index contributed by atoms with van der Waals surface area (Å²) in [5.41, 5.74) is 6.66. The van der Waals surface area contributed by atoms with Crippen molar-refractivity contribution >= 4 is 11.7 Å². The van der Waals surface area contributed by atoms with Gasteiger partial charge < -0.3 is 16.3 Å². The van der Waals surface area contributed by atoms with E-state index in [0.29, 0.717) is 5.69 Å². The Morgan fingerprint density at radius 2 is 2.22 bits per heavy atom. The highest BCUT2D eigenvalue weighted by Gasteiger charge is 2.22. The van der Waals surface area contributed by atoms with Crippen LogP contribution in [-0.4, -0.2) is 28.0 Å². The lowest BCUT2D eigenvalue weighted by Crippen LogP contribution is -2.48. The molecule has 1 aromatic rings. The van der Waals surface area contributed by atoms with Crippen LogP contribution in [0.25, 0.3) is 0 Å². The van der Waals surface area contributed by atoms with E-state index in [1.54, 1.807) is 25.3 Å². The molecule has 0 saturated carbocycles. The summed E-state index contributed by atoms with van der Waals surface area (Å²) in [7, 11) is 0. The zero-order chi connectivity index (χ0) is 13.7. The summed E-state index contributed by atoms with van der Waals surface area (Å²) in [6.07, 6.45) is 1.55. The molecule has 1 rings (SSSR count). The molecule has 0 saturated heterocycles. The highest BCUT2D eigenvalue weighted by atomic mass is 16.4. The molecule has 6 heteroatoms. The second-order valence-electron chi connectivity index (χ2n) is 4.39. The maximum Gasteiger partial charge on any atom is 0.270 e. The summed E-state index contributed by atoms with van der Waals surface area (Å²) < 4.78 is 0. The Labute approximate surface area is 106 Å². The van der Waals surface area contributed by atoms with Crippen molar-refractivity contribution in [2.24, 2.45) is 16.8 Å². The van der Waals surface area contributed by atoms with E-state index in [-0.39, 0.29) is 17.7 Å². The molecule has 1 unspecified atom stereocenters. The molecule has 1 heterocycles. The van der Waals surface area contributed by atoms with Gasteiger partial charge in [0, 0.05) is 6.20 Å². The largest absolute Gasteiger partial charge is 0.409 e. The molecule has 18 heavy (non-hydrogen) atoms. The van der Waals surface area contributed by atoms with Gasteiger partial charge in [0.1, 0.15) is 5.69 Å². The summed E-state index contributed by atoms with van der Waals surface area (Å²) in [6, 6.07) is 3.04. The number of hydrogen-bond donors (Lipinski definition) is 3. The average Bonchev–Trinajstić information content (AvgIpc) is 2.35. The Morgan fingerprint density at radius 1 is 1.56 bits per heavy atom. The average molecular weight is 250 g/mol. The van der Waals surface area contributed by atoms with E-state index >= 15 is 0 Å². The number of amidine groups is 1. The fourth-order valence-electron chi connectivity index (χ4n) is 1.58. The van der Waals surface area contributed by atoms with Gasteiger partial charge in [-0.2, -0.15) is 0 Å². The number of carbonyl (C=O) groups excluding carboxylic acids is 1. The molecule has 0 aliphatic rings. The number of hydrogen-bond acceptors (Lipinski definition) is 4. The molecule has 1 aromatic heterocycles. The number of oxime groups is 1. The lowest BCUT2D eigenvalue weighted by Gasteiger charge is -2.20. The van der Waals surface area contributed by atoms with Crippen LogP contribution in [0, 0.1) is 12.8 Å². The van der Waals surface area contributed by atoms with Crippen LogP contribution in [0.2, 0.25) is 0 Å². The Bertz CT molecular complexity index is 457. The normalized spacial score (nSPS) is 13.4. The maximum atomic E-state index is 12.0. The van der Waals surface area contributed by atoms with E-state index in [1.807, 2.05) is 13.8 Å². The number of carbonyl (C=O) groups is 1. The van der Waals surface area contributed by atoms with Gasteiger partial charge in [-0.05, 0) is 24.5 Å². The van der Waals surface area contributed by atoms with Crippen LogP contribution < -0.4 is 11.1 Å². The number of aryl methyl sites for hydroxylation is 1. The van der Waals surface area contributed by atoms with Crippen molar-refractivity contribution in [3.63, 3.8) is 0 Å². The first-order valence-corrected chi connectivity index (χ1v) is 5.67. The van der Waals surface area contributed by atoms with E-state index < -0.39 is 6.04 Å². The number of amides is 1. The molecule has 0 bridgehead atoms. The predicted molar refractivity (Wildman–Crippen MR) is 68.5 cm³/mol. The van der Waals surface area contributed by atoms with E-state index in [1.165, 1.54) is 0 Å². The molecule has 0 aliphatic heterocycles. The van der Waals surface area contributed by atoms with Gasteiger partial charge in [0.15, 0.2) is 5.84 Å². The molecule has 1 atom stereocenters. The first kappa shape index (κ1) is 14.0. The van der Waals surface area contributed by atoms with E-state index in [0.717, 1.165) is 5.56 Å². The molecule has 0 fully saturated rings. The fourth-order valence-corrected chi connectivity index (χ4v) is 1.58. The van der Waals surface area contributed by atoms with Gasteiger partial charge in [0.25, 0.3) is 5.91 Å². The number of pyridine rings is 1. The van der Waals surface area contributed by atoms with Crippen molar-refractivity contribution in [2.45, 2.75) is 26.8 Å². The number of aromatic nitrogens is 1. The lowest BCUT2D eigenvalue weighted by molar-refractivity contribution is 0.0933. The first-order valence-electron chi connectivity index (χ1n) is 5.67. The molecule has 0 aromatic carbocycles. The Kier molecular flexibility index (Phi) is 4.65. The van der Waals surface area contributed by atoms with Crippen LogP contribution in [0.15, 0.2) is 23.5 Å². The summed E-state index contributed by atoms with van der Waals surface area (Å²) in [6.45, 7) is 5.54. The quantitative estimate of drug-likeness (QED) is 0.320. The number of nitrogens with one attached hydrogen (secondary N) is 1. The SMILES string of the molecule is Cc1cccnc1C(=O)NC(C(N)=NO)C(C)C. The standard InChI is InChI=1S/C12H18N4O2/c1-7(2)9(11(13)16-18)15-12(17)10-8(3)5-4-6-14-10/h4-7,9,18H,1-3H3,(H2,13,16)(H,15,17). The molecule has 0 radical (unpaired) electrons. The van der Waals surface area contributed by atoms with Crippen LogP contribution >= 0.6 is 0 Å².